The Balaban J connectivity index is 2.07. The molecule has 1 heterocycles. The van der Waals surface area contributed by atoms with Crippen LogP contribution < -0.4 is 14.7 Å². The summed E-state index contributed by atoms with van der Waals surface area (Å²) in [5.74, 6) is -0.995. The molecule has 1 atom stereocenters. The maximum Gasteiger partial charge on any atom is 0.295 e. The number of nitrogens with zero attached hydrogens (tertiary/aromatic N) is 1. The molecule has 2 aromatic rings. The minimum atomic E-state index is -0.709. The minimum Gasteiger partial charge on any atom is -0.872 e. The summed E-state index contributed by atoms with van der Waals surface area (Å²) in [6.45, 7) is 12.1. The average Bonchev–Trinajstić information content (AvgIpc) is 3.07. The molecule has 0 radical (unpaired) electrons. The third kappa shape index (κ3) is 5.98. The summed E-state index contributed by atoms with van der Waals surface area (Å²) in [6.07, 6.45) is 1.99. The molecule has 0 aliphatic carbocycles. The quantitative estimate of drug-likeness (QED) is 0.253. The number of ether oxygens (including phenoxy) is 1. The molecular formula is C30H40N2O4. The maximum atomic E-state index is 13.7. The lowest BCUT2D eigenvalue weighted by Crippen LogP contribution is -3.06. The van der Waals surface area contributed by atoms with Gasteiger partial charge in [-0.05, 0) is 53.1 Å². The molecule has 1 fully saturated rings. The van der Waals surface area contributed by atoms with Crippen LogP contribution in [0.3, 0.4) is 0 Å². The summed E-state index contributed by atoms with van der Waals surface area (Å²) >= 11 is 0. The van der Waals surface area contributed by atoms with Crippen LogP contribution in [0.15, 0.2) is 48.0 Å². The van der Waals surface area contributed by atoms with E-state index in [1.807, 2.05) is 45.3 Å². The maximum absolute atomic E-state index is 13.7. The van der Waals surface area contributed by atoms with Gasteiger partial charge in [0.2, 0.25) is 5.78 Å². The smallest absolute Gasteiger partial charge is 0.295 e. The van der Waals surface area contributed by atoms with E-state index in [4.69, 9.17) is 4.74 Å². The number of nitrogens with one attached hydrogen (secondary N) is 1. The van der Waals surface area contributed by atoms with E-state index in [1.165, 1.54) is 0 Å². The monoisotopic (exact) mass is 492 g/mol. The Labute approximate surface area is 215 Å². The van der Waals surface area contributed by atoms with Gasteiger partial charge in [-0.1, -0.05) is 70.2 Å². The predicted molar refractivity (Wildman–Crippen MR) is 141 cm³/mol. The van der Waals surface area contributed by atoms with Crippen LogP contribution in [0.4, 0.5) is 0 Å². The standard InChI is InChI=1S/C30H40N2O4/c1-8-9-18-36-24-15-12-22(19-20(24)2)27(33)25-26(21-10-13-23(14-11-21)30(3,4)5)32(17-16-31(6)7)29(35)28(25)34/h10-15,19,26,33H,8-9,16-18H2,1-7H3/b27-25+. The Morgan fingerprint density at radius 2 is 1.75 bits per heavy atom. The lowest BCUT2D eigenvalue weighted by Gasteiger charge is -2.28. The largest absolute Gasteiger partial charge is 0.872 e. The third-order valence-electron chi connectivity index (χ3n) is 6.67. The second kappa shape index (κ2) is 11.3. The van der Waals surface area contributed by atoms with Crippen molar-refractivity contribution in [3.63, 3.8) is 0 Å². The lowest BCUT2D eigenvalue weighted by atomic mass is 9.85. The number of likely N-dealkylation sites (N-methyl/N-ethyl adjacent to an activating group) is 1. The normalized spacial score (nSPS) is 17.8. The van der Waals surface area contributed by atoms with E-state index in [1.54, 1.807) is 23.1 Å². The molecule has 6 heteroatoms. The number of benzene rings is 2. The molecule has 36 heavy (non-hydrogen) atoms. The van der Waals surface area contributed by atoms with Crippen molar-refractivity contribution in [2.75, 3.05) is 33.8 Å². The number of likely N-dealkylation sites (tertiary alicyclic amines) is 1. The Bertz CT molecular complexity index is 1130. The molecular weight excluding hydrogens is 452 g/mol. The predicted octanol–water partition coefficient (Wildman–Crippen LogP) is 2.84. The minimum absolute atomic E-state index is 0.0244. The number of aryl methyl sites for hydroxylation is 1. The average molecular weight is 493 g/mol. The van der Waals surface area contributed by atoms with Crippen molar-refractivity contribution >= 4 is 17.4 Å². The number of Topliss-reactive ketones (excluding diaryl/α,β-unsaturated/α-hetero) is 1. The molecule has 1 aliphatic rings. The molecule has 194 valence electrons. The number of carbonyl (C=O) groups is 2. The first-order valence-electron chi connectivity index (χ1n) is 12.9. The molecule has 0 spiro atoms. The van der Waals surface area contributed by atoms with Crippen LogP contribution in [0.2, 0.25) is 0 Å². The second-order valence-corrected chi connectivity index (χ2v) is 11.0. The van der Waals surface area contributed by atoms with E-state index < -0.39 is 23.5 Å². The highest BCUT2D eigenvalue weighted by Gasteiger charge is 2.44. The van der Waals surface area contributed by atoms with Crippen LogP contribution in [0, 0.1) is 6.92 Å². The number of quaternary nitrogens is 1. The number of rotatable bonds is 9. The van der Waals surface area contributed by atoms with Crippen LogP contribution in [-0.2, 0) is 15.0 Å². The molecule has 0 bridgehead atoms. The molecule has 1 saturated heterocycles. The zero-order chi connectivity index (χ0) is 26.6. The molecule has 3 rings (SSSR count). The number of amides is 1. The lowest BCUT2D eigenvalue weighted by molar-refractivity contribution is -0.857. The molecule has 6 nitrogen and oxygen atoms in total. The Morgan fingerprint density at radius 3 is 2.31 bits per heavy atom. The molecule has 0 saturated carbocycles. The zero-order valence-corrected chi connectivity index (χ0v) is 22.7. The van der Waals surface area contributed by atoms with Crippen LogP contribution in [0.5, 0.6) is 5.75 Å². The first kappa shape index (κ1) is 27.5. The summed E-state index contributed by atoms with van der Waals surface area (Å²) in [6, 6.07) is 12.4. The van der Waals surface area contributed by atoms with E-state index in [2.05, 4.69) is 27.7 Å². The van der Waals surface area contributed by atoms with E-state index in [9.17, 15) is 14.7 Å². The highest BCUT2D eigenvalue weighted by atomic mass is 16.5. The number of hydrogen-bond donors (Lipinski definition) is 1. The number of hydrogen-bond acceptors (Lipinski definition) is 4. The SMILES string of the molecule is CCCCOc1ccc(/C([O-])=C2\C(=O)C(=O)N(CC[NH+](C)C)C2c2ccc(C(C)(C)C)cc2)cc1C. The van der Waals surface area contributed by atoms with Crippen molar-refractivity contribution in [1.29, 1.82) is 0 Å². The van der Waals surface area contributed by atoms with E-state index >= 15 is 0 Å². The fourth-order valence-corrected chi connectivity index (χ4v) is 4.39. The second-order valence-electron chi connectivity index (χ2n) is 11.0. The van der Waals surface area contributed by atoms with Gasteiger partial charge >= 0.3 is 0 Å². The van der Waals surface area contributed by atoms with Crippen molar-refractivity contribution in [3.05, 3.63) is 70.3 Å². The van der Waals surface area contributed by atoms with Gasteiger partial charge in [0.25, 0.3) is 5.91 Å². The molecule has 0 aromatic heterocycles. The van der Waals surface area contributed by atoms with Crippen LogP contribution in [0.1, 0.15) is 68.8 Å². The number of carbonyl (C=O) groups excluding carboxylic acids is 2. The molecule has 2 aromatic carbocycles. The van der Waals surface area contributed by atoms with Crippen molar-refractivity contribution in [2.45, 2.75) is 58.9 Å². The van der Waals surface area contributed by atoms with Gasteiger partial charge in [-0.2, -0.15) is 0 Å². The summed E-state index contributed by atoms with van der Waals surface area (Å²) in [4.78, 5) is 29.1. The summed E-state index contributed by atoms with van der Waals surface area (Å²) in [5.41, 5.74) is 3.13. The molecule has 1 aliphatic heterocycles. The van der Waals surface area contributed by atoms with Crippen molar-refractivity contribution in [1.82, 2.24) is 4.90 Å². The first-order chi connectivity index (χ1) is 17.0. The van der Waals surface area contributed by atoms with Crippen molar-refractivity contribution in [3.8, 4) is 5.75 Å². The topological polar surface area (TPSA) is 74.1 Å². The van der Waals surface area contributed by atoms with Gasteiger partial charge in [-0.3, -0.25) is 9.59 Å². The summed E-state index contributed by atoms with van der Waals surface area (Å²) in [7, 11) is 4.00. The molecule has 1 N–H and O–H groups in total. The van der Waals surface area contributed by atoms with Crippen LogP contribution in [0.25, 0.3) is 5.76 Å². The highest BCUT2D eigenvalue weighted by Crippen LogP contribution is 2.39. The van der Waals surface area contributed by atoms with E-state index in [0.29, 0.717) is 25.3 Å². The van der Waals surface area contributed by atoms with Crippen molar-refractivity contribution in [2.24, 2.45) is 0 Å². The van der Waals surface area contributed by atoms with Gasteiger partial charge in [-0.25, -0.2) is 0 Å². The first-order valence-corrected chi connectivity index (χ1v) is 12.9. The number of unbranched alkanes of at least 4 members (excludes halogenated alkanes) is 1. The van der Waals surface area contributed by atoms with Gasteiger partial charge in [0, 0.05) is 5.57 Å². The van der Waals surface area contributed by atoms with Crippen LogP contribution >= 0.6 is 0 Å². The van der Waals surface area contributed by atoms with Gasteiger partial charge in [-0.15, -0.1) is 0 Å². The van der Waals surface area contributed by atoms with Gasteiger partial charge in [0.15, 0.2) is 0 Å². The fourth-order valence-electron chi connectivity index (χ4n) is 4.39. The zero-order valence-electron chi connectivity index (χ0n) is 22.7. The third-order valence-corrected chi connectivity index (χ3v) is 6.67. The Hall–Kier alpha value is -3.12. The van der Waals surface area contributed by atoms with Crippen LogP contribution in [-0.4, -0.2) is 50.4 Å². The van der Waals surface area contributed by atoms with Gasteiger partial charge in [0.1, 0.15) is 5.75 Å². The molecule has 1 amide bonds. The van der Waals surface area contributed by atoms with Gasteiger partial charge in [0.05, 0.1) is 39.8 Å². The van der Waals surface area contributed by atoms with E-state index in [-0.39, 0.29) is 11.0 Å². The Morgan fingerprint density at radius 1 is 1.08 bits per heavy atom. The van der Waals surface area contributed by atoms with Gasteiger partial charge < -0.3 is 19.6 Å². The van der Waals surface area contributed by atoms with E-state index in [0.717, 1.165) is 40.2 Å². The molecule has 1 unspecified atom stereocenters. The summed E-state index contributed by atoms with van der Waals surface area (Å²) in [5, 5.41) is 13.7. The highest BCUT2D eigenvalue weighted by molar-refractivity contribution is 6.46. The fraction of sp³-hybridized carbons (Fsp3) is 0.467. The van der Waals surface area contributed by atoms with Crippen molar-refractivity contribution < 1.29 is 24.3 Å². The number of ketones is 1. The summed E-state index contributed by atoms with van der Waals surface area (Å²) < 4.78 is 5.83. The Kier molecular flexibility index (Phi) is 8.62.